The Morgan fingerprint density at radius 2 is 0.810 bits per heavy atom. The zero-order valence-corrected chi connectivity index (χ0v) is 26.2. The highest BCUT2D eigenvalue weighted by Gasteiger charge is 2.18. The van der Waals surface area contributed by atoms with Crippen molar-refractivity contribution >= 4 is 48.9 Å². The fourth-order valence-corrected chi connectivity index (χ4v) is 9.01. The fraction of sp³-hybridized carbons (Fsp3) is 0.257. The highest BCUT2D eigenvalue weighted by molar-refractivity contribution is 7.74. The fourth-order valence-electron chi connectivity index (χ4n) is 4.76. The Hall–Kier alpha value is -3.36. The van der Waals surface area contributed by atoms with Gasteiger partial charge in [0.25, 0.3) is 0 Å². The molecule has 218 valence electrons. The molecule has 0 radical (unpaired) electrons. The number of carbonyl (C=O) groups excluding carboxylic acids is 2. The van der Waals surface area contributed by atoms with E-state index in [1.807, 2.05) is 72.8 Å². The van der Waals surface area contributed by atoms with E-state index in [-0.39, 0.29) is 11.8 Å². The third kappa shape index (κ3) is 10.5. The van der Waals surface area contributed by atoms with Crippen molar-refractivity contribution in [1.82, 2.24) is 15.5 Å². The van der Waals surface area contributed by atoms with Crippen LogP contribution in [0.25, 0.3) is 0 Å². The molecule has 0 heterocycles. The number of carbonyl (C=O) groups is 2. The summed E-state index contributed by atoms with van der Waals surface area (Å²) in [7, 11) is 0.640. The quantitative estimate of drug-likeness (QED) is 0.150. The van der Waals surface area contributed by atoms with Crippen LogP contribution >= 0.6 is 15.8 Å². The van der Waals surface area contributed by atoms with Crippen LogP contribution in [0.2, 0.25) is 0 Å². The van der Waals surface area contributed by atoms with Crippen LogP contribution in [-0.2, 0) is 9.59 Å². The summed E-state index contributed by atoms with van der Waals surface area (Å²) in [6, 6.07) is 41.4. The monoisotopic (exact) mass is 597 g/mol. The molecule has 4 aromatic rings. The van der Waals surface area contributed by atoms with E-state index in [1.54, 1.807) is 0 Å². The predicted molar refractivity (Wildman–Crippen MR) is 181 cm³/mol. The zero-order chi connectivity index (χ0) is 29.4. The Morgan fingerprint density at radius 3 is 1.10 bits per heavy atom. The largest absolute Gasteiger partial charge is 0.356 e. The first-order chi connectivity index (χ1) is 20.6. The van der Waals surface area contributed by atoms with E-state index in [4.69, 9.17) is 0 Å². The Balaban J connectivity index is 1.13. The molecule has 4 aromatic carbocycles. The van der Waals surface area contributed by atoms with E-state index < -0.39 is 15.8 Å². The van der Waals surface area contributed by atoms with Crippen molar-refractivity contribution in [3.8, 4) is 0 Å². The van der Waals surface area contributed by atoms with Crippen molar-refractivity contribution in [1.29, 1.82) is 0 Å². The molecule has 2 amide bonds. The maximum Gasteiger partial charge on any atom is 0.224 e. The van der Waals surface area contributed by atoms with Crippen LogP contribution in [0.1, 0.15) is 12.8 Å². The van der Waals surface area contributed by atoms with E-state index in [0.29, 0.717) is 25.4 Å². The second kappa shape index (κ2) is 17.6. The first kappa shape index (κ1) is 31.6. The third-order valence-corrected chi connectivity index (χ3v) is 11.8. The Labute approximate surface area is 253 Å². The first-order valence-electron chi connectivity index (χ1n) is 14.6. The van der Waals surface area contributed by atoms with E-state index >= 15 is 0 Å². The minimum atomic E-state index is -0.727. The smallest absolute Gasteiger partial charge is 0.224 e. The SMILES string of the molecule is CN(CCCNC(=O)CP(c1ccccc1)c1ccccc1)CCCNC(=O)CP(c1ccccc1)c1ccccc1. The lowest BCUT2D eigenvalue weighted by atomic mass is 10.3. The maximum absolute atomic E-state index is 12.8. The van der Waals surface area contributed by atoms with Gasteiger partial charge in [0.2, 0.25) is 11.8 Å². The molecular weight excluding hydrogens is 556 g/mol. The van der Waals surface area contributed by atoms with Gasteiger partial charge in [0.05, 0.1) is 12.3 Å². The molecule has 0 spiro atoms. The average Bonchev–Trinajstić information content (AvgIpc) is 3.04. The molecule has 0 aliphatic carbocycles. The number of nitrogens with zero attached hydrogens (tertiary/aromatic N) is 1. The molecule has 7 heteroatoms. The summed E-state index contributed by atoms with van der Waals surface area (Å²) in [4.78, 5) is 27.9. The van der Waals surface area contributed by atoms with Gasteiger partial charge in [-0.3, -0.25) is 9.59 Å². The van der Waals surface area contributed by atoms with Crippen molar-refractivity contribution in [3.63, 3.8) is 0 Å². The zero-order valence-electron chi connectivity index (χ0n) is 24.4. The molecule has 0 atom stereocenters. The number of hydrogen-bond acceptors (Lipinski definition) is 3. The summed E-state index contributed by atoms with van der Waals surface area (Å²) < 4.78 is 0. The lowest BCUT2D eigenvalue weighted by molar-refractivity contribution is -0.119. The summed E-state index contributed by atoms with van der Waals surface area (Å²) in [5.41, 5.74) is 0. The molecule has 0 bridgehead atoms. The number of benzene rings is 4. The summed E-state index contributed by atoms with van der Waals surface area (Å²) in [5, 5.41) is 11.1. The van der Waals surface area contributed by atoms with Gasteiger partial charge in [0.15, 0.2) is 0 Å². The highest BCUT2D eigenvalue weighted by atomic mass is 31.1. The van der Waals surface area contributed by atoms with Crippen LogP contribution in [0.5, 0.6) is 0 Å². The van der Waals surface area contributed by atoms with E-state index in [9.17, 15) is 9.59 Å². The molecule has 4 rings (SSSR count). The highest BCUT2D eigenvalue weighted by Crippen LogP contribution is 2.33. The van der Waals surface area contributed by atoms with Crippen LogP contribution in [-0.4, -0.2) is 62.3 Å². The lowest BCUT2D eigenvalue weighted by Crippen LogP contribution is -2.33. The van der Waals surface area contributed by atoms with Gasteiger partial charge in [-0.05, 0) is 70.0 Å². The van der Waals surface area contributed by atoms with Crippen molar-refractivity contribution < 1.29 is 9.59 Å². The lowest BCUT2D eigenvalue weighted by Gasteiger charge is -2.20. The molecule has 0 aromatic heterocycles. The van der Waals surface area contributed by atoms with Crippen LogP contribution in [0.15, 0.2) is 121 Å². The van der Waals surface area contributed by atoms with Crippen molar-refractivity contribution in [2.75, 3.05) is 45.6 Å². The predicted octanol–water partition coefficient (Wildman–Crippen LogP) is 4.20. The summed E-state index contributed by atoms with van der Waals surface area (Å²) in [5.74, 6) is 0.204. The van der Waals surface area contributed by atoms with Crippen LogP contribution in [0, 0.1) is 0 Å². The van der Waals surface area contributed by atoms with Gasteiger partial charge >= 0.3 is 0 Å². The molecule has 5 nitrogen and oxygen atoms in total. The number of nitrogens with one attached hydrogen (secondary N) is 2. The van der Waals surface area contributed by atoms with E-state index in [0.717, 1.165) is 25.9 Å². The minimum Gasteiger partial charge on any atom is -0.356 e. The number of amides is 2. The van der Waals surface area contributed by atoms with Gasteiger partial charge in [0, 0.05) is 13.1 Å². The van der Waals surface area contributed by atoms with Crippen LogP contribution in [0.3, 0.4) is 0 Å². The summed E-state index contributed by atoms with van der Waals surface area (Å²) in [6.07, 6.45) is 2.77. The van der Waals surface area contributed by atoms with Crippen molar-refractivity contribution in [2.45, 2.75) is 12.8 Å². The van der Waals surface area contributed by atoms with Gasteiger partial charge in [-0.1, -0.05) is 121 Å². The standard InChI is InChI=1S/C35H41N3O2P2/c1-38(26-14-24-36-34(39)28-41(30-16-6-2-7-17-30)31-18-8-3-9-19-31)27-15-25-37-35(40)29-42(32-20-10-4-11-21-32)33-22-12-5-13-23-33/h2-13,16-23H,14-15,24-29H2,1H3,(H,36,39)(H,37,40). The van der Waals surface area contributed by atoms with Gasteiger partial charge < -0.3 is 15.5 Å². The van der Waals surface area contributed by atoms with Crippen LogP contribution in [0.4, 0.5) is 0 Å². The molecular formula is C35H41N3O2P2. The second-order valence-electron chi connectivity index (χ2n) is 10.2. The molecule has 0 unspecified atom stereocenters. The maximum atomic E-state index is 12.8. The third-order valence-electron chi connectivity index (χ3n) is 6.95. The molecule has 0 saturated carbocycles. The molecule has 0 aliphatic heterocycles. The van der Waals surface area contributed by atoms with Gasteiger partial charge in [0.1, 0.15) is 0 Å². The molecule has 0 fully saturated rings. The van der Waals surface area contributed by atoms with Crippen molar-refractivity contribution in [2.24, 2.45) is 0 Å². The minimum absolute atomic E-state index is 0.102. The summed E-state index contributed by atoms with van der Waals surface area (Å²) >= 11 is 0. The average molecular weight is 598 g/mol. The molecule has 0 saturated heterocycles. The number of hydrogen-bond donors (Lipinski definition) is 2. The van der Waals surface area contributed by atoms with E-state index in [1.165, 1.54) is 21.2 Å². The van der Waals surface area contributed by atoms with Gasteiger partial charge in [-0.15, -0.1) is 0 Å². The first-order valence-corrected chi connectivity index (χ1v) is 17.6. The summed E-state index contributed by atoms with van der Waals surface area (Å²) in [6.45, 7) is 3.12. The van der Waals surface area contributed by atoms with Gasteiger partial charge in [-0.25, -0.2) is 0 Å². The molecule has 42 heavy (non-hydrogen) atoms. The van der Waals surface area contributed by atoms with Crippen LogP contribution < -0.4 is 31.9 Å². The normalized spacial score (nSPS) is 11.1. The topological polar surface area (TPSA) is 61.4 Å². The Morgan fingerprint density at radius 1 is 0.524 bits per heavy atom. The molecule has 2 N–H and O–H groups in total. The Kier molecular flexibility index (Phi) is 13.2. The van der Waals surface area contributed by atoms with Crippen molar-refractivity contribution in [3.05, 3.63) is 121 Å². The second-order valence-corrected chi connectivity index (χ2v) is 14.6. The number of rotatable bonds is 16. The molecule has 0 aliphatic rings. The Bertz CT molecular complexity index is 1160. The van der Waals surface area contributed by atoms with Gasteiger partial charge in [-0.2, -0.15) is 0 Å². The van der Waals surface area contributed by atoms with E-state index in [2.05, 4.69) is 71.1 Å².